The summed E-state index contributed by atoms with van der Waals surface area (Å²) in [4.78, 5) is 26.1. The number of aryl methyl sites for hydroxylation is 1. The molecule has 0 saturated carbocycles. The van der Waals surface area contributed by atoms with E-state index in [1.54, 1.807) is 24.3 Å². The molecule has 20 heavy (non-hydrogen) atoms. The second kappa shape index (κ2) is 4.45. The molecule has 100 valence electrons. The molecule has 2 N–H and O–H groups in total. The summed E-state index contributed by atoms with van der Waals surface area (Å²) in [5.74, 6) is -0.706. The molecule has 0 bridgehead atoms. The molecular weight excluding hydrogens is 320 g/mol. The lowest BCUT2D eigenvalue weighted by atomic mass is 10.1. The average molecular weight is 331 g/mol. The summed E-state index contributed by atoms with van der Waals surface area (Å²) in [5, 5.41) is 0. The predicted molar refractivity (Wildman–Crippen MR) is 80.9 cm³/mol. The Labute approximate surface area is 124 Å². The molecule has 2 aromatic carbocycles. The molecule has 3 rings (SSSR count). The molecule has 1 aliphatic rings. The van der Waals surface area contributed by atoms with Crippen molar-refractivity contribution in [2.24, 2.45) is 0 Å². The topological polar surface area (TPSA) is 63.4 Å². The predicted octanol–water partition coefficient (Wildman–Crippen LogP) is 3.14. The summed E-state index contributed by atoms with van der Waals surface area (Å²) in [6.07, 6.45) is 0. The van der Waals surface area contributed by atoms with Gasteiger partial charge < -0.3 is 5.73 Å². The van der Waals surface area contributed by atoms with Crippen LogP contribution in [0.15, 0.2) is 40.9 Å². The maximum atomic E-state index is 12.5. The first-order valence-electron chi connectivity index (χ1n) is 6.04. The molecule has 0 unspecified atom stereocenters. The zero-order chi connectivity index (χ0) is 14.4. The van der Waals surface area contributed by atoms with Crippen LogP contribution >= 0.6 is 15.9 Å². The van der Waals surface area contributed by atoms with Crippen LogP contribution in [0.1, 0.15) is 26.3 Å². The molecule has 0 spiro atoms. The maximum Gasteiger partial charge on any atom is 0.268 e. The quantitative estimate of drug-likeness (QED) is 0.645. The number of halogens is 1. The third kappa shape index (κ3) is 1.74. The number of hydrogen-bond donors (Lipinski definition) is 1. The summed E-state index contributed by atoms with van der Waals surface area (Å²) in [5.41, 5.74) is 8.22. The molecule has 0 radical (unpaired) electrons. The van der Waals surface area contributed by atoms with Gasteiger partial charge in [-0.3, -0.25) is 9.59 Å². The summed E-state index contributed by atoms with van der Waals surface area (Å²) in [7, 11) is 0. The van der Waals surface area contributed by atoms with Crippen molar-refractivity contribution in [3.8, 4) is 0 Å². The van der Waals surface area contributed by atoms with Crippen molar-refractivity contribution in [2.75, 3.05) is 10.6 Å². The number of benzene rings is 2. The molecule has 0 aliphatic carbocycles. The molecule has 0 saturated heterocycles. The number of nitrogen functional groups attached to an aromatic ring is 1. The molecule has 0 atom stereocenters. The Hall–Kier alpha value is -2.14. The smallest absolute Gasteiger partial charge is 0.268 e. The van der Waals surface area contributed by atoms with E-state index in [2.05, 4.69) is 15.9 Å². The summed E-state index contributed by atoms with van der Waals surface area (Å²) < 4.78 is 0.808. The fraction of sp³-hybridized carbons (Fsp3) is 0.0667. The van der Waals surface area contributed by atoms with Crippen LogP contribution in [0.3, 0.4) is 0 Å². The average Bonchev–Trinajstić information content (AvgIpc) is 2.66. The first-order chi connectivity index (χ1) is 9.50. The monoisotopic (exact) mass is 330 g/mol. The Balaban J connectivity index is 2.19. The highest BCUT2D eigenvalue weighted by atomic mass is 79.9. The van der Waals surface area contributed by atoms with Crippen LogP contribution in [-0.2, 0) is 0 Å². The van der Waals surface area contributed by atoms with Gasteiger partial charge in [-0.1, -0.05) is 28.1 Å². The lowest BCUT2D eigenvalue weighted by Crippen LogP contribution is -2.30. The van der Waals surface area contributed by atoms with Crippen molar-refractivity contribution in [3.05, 3.63) is 57.6 Å². The van der Waals surface area contributed by atoms with E-state index in [0.717, 1.165) is 10.0 Å². The van der Waals surface area contributed by atoms with Gasteiger partial charge >= 0.3 is 0 Å². The Morgan fingerprint density at radius 1 is 1.10 bits per heavy atom. The summed E-state index contributed by atoms with van der Waals surface area (Å²) in [6, 6.07) is 10.4. The highest BCUT2D eigenvalue weighted by Gasteiger charge is 2.38. The first kappa shape index (κ1) is 12.9. The van der Waals surface area contributed by atoms with Crippen LogP contribution in [0.4, 0.5) is 11.4 Å². The van der Waals surface area contributed by atoms with Crippen LogP contribution < -0.4 is 10.6 Å². The molecule has 1 heterocycles. The molecule has 2 amide bonds. The number of amides is 2. The van der Waals surface area contributed by atoms with Crippen molar-refractivity contribution < 1.29 is 9.59 Å². The number of fused-ring (bicyclic) bond motifs is 1. The number of carbonyl (C=O) groups excluding carboxylic acids is 2. The number of carbonyl (C=O) groups is 2. The molecular formula is C15H11BrN2O2. The van der Waals surface area contributed by atoms with Gasteiger partial charge in [-0.15, -0.1) is 0 Å². The van der Waals surface area contributed by atoms with Crippen molar-refractivity contribution in [1.29, 1.82) is 0 Å². The number of imide groups is 1. The van der Waals surface area contributed by atoms with Gasteiger partial charge in [0.15, 0.2) is 0 Å². The second-order valence-electron chi connectivity index (χ2n) is 4.65. The fourth-order valence-electron chi connectivity index (χ4n) is 2.35. The van der Waals surface area contributed by atoms with E-state index in [4.69, 9.17) is 5.73 Å². The molecule has 4 nitrogen and oxygen atoms in total. The highest BCUT2D eigenvalue weighted by Crippen LogP contribution is 2.34. The molecule has 1 aliphatic heterocycles. The number of nitrogens with zero attached hydrogens (tertiary/aromatic N) is 1. The second-order valence-corrected chi connectivity index (χ2v) is 5.56. The summed E-state index contributed by atoms with van der Waals surface area (Å²) in [6.45, 7) is 1.86. The van der Waals surface area contributed by atoms with Crippen molar-refractivity contribution in [2.45, 2.75) is 6.92 Å². The minimum absolute atomic E-state index is 0.289. The van der Waals surface area contributed by atoms with Gasteiger partial charge in [-0.2, -0.15) is 0 Å². The van der Waals surface area contributed by atoms with Crippen LogP contribution in [-0.4, -0.2) is 11.8 Å². The van der Waals surface area contributed by atoms with Crippen LogP contribution in [0.2, 0.25) is 0 Å². The van der Waals surface area contributed by atoms with Crippen molar-refractivity contribution in [1.82, 2.24) is 0 Å². The molecule has 0 aromatic heterocycles. The standard InChI is InChI=1S/C15H11BrN2O2/c1-8-5-6-9(16)7-12(8)18-14(19)10-3-2-4-11(17)13(10)15(18)20/h2-7H,17H2,1H3. The van der Waals surface area contributed by atoms with Crippen LogP contribution in [0.25, 0.3) is 0 Å². The van der Waals surface area contributed by atoms with E-state index in [0.29, 0.717) is 16.9 Å². The van der Waals surface area contributed by atoms with E-state index in [1.807, 2.05) is 19.1 Å². The number of hydrogen-bond acceptors (Lipinski definition) is 3. The van der Waals surface area contributed by atoms with Crippen molar-refractivity contribution in [3.63, 3.8) is 0 Å². The SMILES string of the molecule is Cc1ccc(Br)cc1N1C(=O)c2cccc(N)c2C1=O. The van der Waals surface area contributed by atoms with E-state index in [1.165, 1.54) is 4.90 Å². The van der Waals surface area contributed by atoms with E-state index >= 15 is 0 Å². The van der Waals surface area contributed by atoms with E-state index < -0.39 is 0 Å². The van der Waals surface area contributed by atoms with Gasteiger partial charge in [-0.05, 0) is 36.8 Å². The van der Waals surface area contributed by atoms with Crippen LogP contribution in [0.5, 0.6) is 0 Å². The van der Waals surface area contributed by atoms with Crippen LogP contribution in [0, 0.1) is 6.92 Å². The summed E-state index contributed by atoms with van der Waals surface area (Å²) >= 11 is 3.36. The first-order valence-corrected chi connectivity index (χ1v) is 6.83. The van der Waals surface area contributed by atoms with Gasteiger partial charge in [0.2, 0.25) is 0 Å². The Kier molecular flexibility index (Phi) is 2.87. The van der Waals surface area contributed by atoms with E-state index in [-0.39, 0.29) is 17.4 Å². The minimum atomic E-state index is -0.371. The third-order valence-electron chi connectivity index (χ3n) is 3.36. The normalized spacial score (nSPS) is 13.8. The number of rotatable bonds is 1. The Morgan fingerprint density at radius 2 is 1.85 bits per heavy atom. The molecule has 0 fully saturated rings. The number of nitrogens with two attached hydrogens (primary N) is 1. The van der Waals surface area contributed by atoms with Gasteiger partial charge in [0, 0.05) is 10.2 Å². The zero-order valence-electron chi connectivity index (χ0n) is 10.7. The number of anilines is 2. The van der Waals surface area contributed by atoms with Gasteiger partial charge in [0.05, 0.1) is 16.8 Å². The largest absolute Gasteiger partial charge is 0.398 e. The van der Waals surface area contributed by atoms with E-state index in [9.17, 15) is 9.59 Å². The Morgan fingerprint density at radius 3 is 2.55 bits per heavy atom. The zero-order valence-corrected chi connectivity index (χ0v) is 12.3. The fourth-order valence-corrected chi connectivity index (χ4v) is 2.70. The van der Waals surface area contributed by atoms with Gasteiger partial charge in [0.1, 0.15) is 0 Å². The maximum absolute atomic E-state index is 12.5. The molecule has 5 heteroatoms. The lowest BCUT2D eigenvalue weighted by molar-refractivity contribution is 0.0926. The van der Waals surface area contributed by atoms with Crippen molar-refractivity contribution >= 4 is 39.1 Å². The minimum Gasteiger partial charge on any atom is -0.398 e. The third-order valence-corrected chi connectivity index (χ3v) is 3.85. The highest BCUT2D eigenvalue weighted by molar-refractivity contribution is 9.10. The molecule has 2 aromatic rings. The van der Waals surface area contributed by atoms with Gasteiger partial charge in [-0.25, -0.2) is 4.90 Å². The Bertz CT molecular complexity index is 756. The van der Waals surface area contributed by atoms with Gasteiger partial charge in [0.25, 0.3) is 11.8 Å². The lowest BCUT2D eigenvalue weighted by Gasteiger charge is -2.16.